The van der Waals surface area contributed by atoms with Gasteiger partial charge in [0.15, 0.2) is 0 Å². The van der Waals surface area contributed by atoms with Gasteiger partial charge >= 0.3 is 12.1 Å². The van der Waals surface area contributed by atoms with Gasteiger partial charge in [0, 0.05) is 18.9 Å². The van der Waals surface area contributed by atoms with Crippen LogP contribution in [0.4, 0.5) is 14.9 Å². The van der Waals surface area contributed by atoms with Gasteiger partial charge in [-0.2, -0.15) is 0 Å². The Morgan fingerprint density at radius 2 is 1.60 bits per heavy atom. The van der Waals surface area contributed by atoms with E-state index in [1.165, 1.54) is 6.07 Å². The van der Waals surface area contributed by atoms with E-state index >= 15 is 0 Å². The molecule has 0 spiro atoms. The van der Waals surface area contributed by atoms with Crippen LogP contribution in [-0.2, 0) is 9.53 Å². The molecule has 3 aromatic rings. The van der Waals surface area contributed by atoms with Crippen LogP contribution < -0.4 is 10.6 Å². The molecule has 0 aromatic heterocycles. The highest BCUT2D eigenvalue weighted by molar-refractivity contribution is 6.03. The minimum Gasteiger partial charge on any atom is -0.480 e. The molecule has 2 amide bonds. The number of aliphatic hydroxyl groups is 1. The molecule has 1 aliphatic carbocycles. The van der Waals surface area contributed by atoms with Crippen LogP contribution in [0.25, 0.3) is 11.1 Å². The smallest absolute Gasteiger partial charge is 0.411 e. The van der Waals surface area contributed by atoms with Crippen molar-refractivity contribution in [3.63, 3.8) is 0 Å². The maximum absolute atomic E-state index is 13.8. The maximum atomic E-state index is 13.8. The monoisotopic (exact) mass is 478 g/mol. The number of halogens is 1. The fraction of sp³-hybridized carbons (Fsp3) is 0.192. The van der Waals surface area contributed by atoms with Crippen molar-refractivity contribution in [3.05, 3.63) is 89.2 Å². The van der Waals surface area contributed by atoms with Crippen LogP contribution >= 0.6 is 0 Å². The first-order valence-corrected chi connectivity index (χ1v) is 10.9. The van der Waals surface area contributed by atoms with Crippen molar-refractivity contribution < 1.29 is 33.7 Å². The summed E-state index contributed by atoms with van der Waals surface area (Å²) in [5.41, 5.74) is 3.90. The Labute approximate surface area is 200 Å². The van der Waals surface area contributed by atoms with E-state index in [9.17, 15) is 23.9 Å². The summed E-state index contributed by atoms with van der Waals surface area (Å²) >= 11 is 0. The average Bonchev–Trinajstić information content (AvgIpc) is 3.17. The molecule has 0 aliphatic heterocycles. The number of ether oxygens (including phenoxy) is 1. The highest BCUT2D eigenvalue weighted by atomic mass is 19.1. The number of hydrogen-bond acceptors (Lipinski definition) is 5. The lowest BCUT2D eigenvalue weighted by atomic mass is 9.98. The van der Waals surface area contributed by atoms with Crippen molar-refractivity contribution in [2.24, 2.45) is 0 Å². The Balaban J connectivity index is 1.48. The number of fused-ring (bicyclic) bond motifs is 3. The quantitative estimate of drug-likeness (QED) is 0.391. The zero-order valence-corrected chi connectivity index (χ0v) is 18.5. The molecule has 8 nitrogen and oxygen atoms in total. The number of aliphatic carboxylic acids is 1. The average molecular weight is 478 g/mol. The summed E-state index contributed by atoms with van der Waals surface area (Å²) in [5.74, 6) is -3.18. The highest BCUT2D eigenvalue weighted by Crippen LogP contribution is 2.44. The van der Waals surface area contributed by atoms with Gasteiger partial charge in [-0.25, -0.2) is 14.0 Å². The van der Waals surface area contributed by atoms with Crippen molar-refractivity contribution in [3.8, 4) is 11.1 Å². The molecule has 0 saturated carbocycles. The van der Waals surface area contributed by atoms with Crippen LogP contribution in [0.5, 0.6) is 0 Å². The van der Waals surface area contributed by atoms with E-state index in [2.05, 4.69) is 10.6 Å². The van der Waals surface area contributed by atoms with E-state index in [-0.39, 0.29) is 30.2 Å². The summed E-state index contributed by atoms with van der Waals surface area (Å²) in [6.07, 6.45) is -1.08. The summed E-state index contributed by atoms with van der Waals surface area (Å²) in [6.45, 7) is -0.425. The van der Waals surface area contributed by atoms with Crippen LogP contribution in [0.3, 0.4) is 0 Å². The molecule has 0 radical (unpaired) electrons. The highest BCUT2D eigenvalue weighted by Gasteiger charge is 2.29. The molecule has 3 aromatic carbocycles. The Morgan fingerprint density at radius 3 is 2.20 bits per heavy atom. The number of carbonyl (C=O) groups excluding carboxylic acids is 2. The van der Waals surface area contributed by atoms with E-state index in [0.29, 0.717) is 0 Å². The molecule has 1 unspecified atom stereocenters. The number of hydrogen-bond donors (Lipinski definition) is 4. The van der Waals surface area contributed by atoms with E-state index in [0.717, 1.165) is 34.4 Å². The van der Waals surface area contributed by atoms with Crippen LogP contribution in [0.2, 0.25) is 0 Å². The first-order valence-electron chi connectivity index (χ1n) is 10.9. The van der Waals surface area contributed by atoms with E-state index < -0.39 is 36.4 Å². The Morgan fingerprint density at radius 1 is 0.971 bits per heavy atom. The summed E-state index contributed by atoms with van der Waals surface area (Å²) < 4.78 is 19.3. The number of carboxylic acid groups (broad SMARTS) is 1. The summed E-state index contributed by atoms with van der Waals surface area (Å²) in [5, 5.41) is 22.9. The third-order valence-electron chi connectivity index (χ3n) is 5.83. The molecule has 9 heteroatoms. The zero-order chi connectivity index (χ0) is 24.9. The van der Waals surface area contributed by atoms with Gasteiger partial charge in [0.05, 0.1) is 11.3 Å². The van der Waals surface area contributed by atoms with Crippen LogP contribution in [0, 0.1) is 5.82 Å². The number of carbonyl (C=O) groups is 3. The van der Waals surface area contributed by atoms with Crippen molar-refractivity contribution in [2.45, 2.75) is 18.4 Å². The van der Waals surface area contributed by atoms with E-state index in [4.69, 9.17) is 9.84 Å². The van der Waals surface area contributed by atoms with Gasteiger partial charge in [-0.05, 0) is 40.5 Å². The molecule has 0 saturated heterocycles. The predicted molar refractivity (Wildman–Crippen MR) is 126 cm³/mol. The molecule has 180 valence electrons. The van der Waals surface area contributed by atoms with E-state index in [1.54, 1.807) is 0 Å². The van der Waals surface area contributed by atoms with Crippen LogP contribution in [0.1, 0.15) is 33.8 Å². The Kier molecular flexibility index (Phi) is 7.07. The number of nitrogens with one attached hydrogen (secondary N) is 2. The number of aliphatic hydroxyl groups excluding tert-OH is 1. The third kappa shape index (κ3) is 5.15. The normalized spacial score (nSPS) is 12.9. The SMILES string of the molecule is O=C(Nc1ccc(F)cc1C(=O)NC(CCO)C(=O)O)OCC1c2ccccc2-c2ccccc21. The zero-order valence-electron chi connectivity index (χ0n) is 18.5. The van der Waals surface area contributed by atoms with Crippen molar-refractivity contribution in [1.82, 2.24) is 5.32 Å². The van der Waals surface area contributed by atoms with Crippen molar-refractivity contribution >= 4 is 23.7 Å². The van der Waals surface area contributed by atoms with Crippen molar-refractivity contribution in [2.75, 3.05) is 18.5 Å². The van der Waals surface area contributed by atoms with Gasteiger partial charge in [0.25, 0.3) is 5.91 Å². The van der Waals surface area contributed by atoms with Gasteiger partial charge in [-0.3, -0.25) is 10.1 Å². The van der Waals surface area contributed by atoms with Crippen LogP contribution in [0.15, 0.2) is 66.7 Å². The number of rotatable bonds is 8. The van der Waals surface area contributed by atoms with Gasteiger partial charge in [-0.1, -0.05) is 48.5 Å². The molecule has 1 atom stereocenters. The number of anilines is 1. The largest absolute Gasteiger partial charge is 0.480 e. The molecule has 0 bridgehead atoms. The lowest BCUT2D eigenvalue weighted by Gasteiger charge is -2.17. The Bertz CT molecular complexity index is 1230. The van der Waals surface area contributed by atoms with Crippen LogP contribution in [-0.4, -0.2) is 47.4 Å². The molecular formula is C26H23FN2O6. The molecule has 0 heterocycles. The predicted octanol–water partition coefficient (Wildman–Crippen LogP) is 3.75. The molecule has 0 fully saturated rings. The topological polar surface area (TPSA) is 125 Å². The fourth-order valence-electron chi connectivity index (χ4n) is 4.18. The third-order valence-corrected chi connectivity index (χ3v) is 5.83. The number of carboxylic acids is 1. The van der Waals surface area contributed by atoms with Gasteiger partial charge in [0.1, 0.15) is 18.5 Å². The molecular weight excluding hydrogens is 455 g/mol. The van der Waals surface area contributed by atoms with Crippen molar-refractivity contribution in [1.29, 1.82) is 0 Å². The summed E-state index contributed by atoms with van der Waals surface area (Å²) in [7, 11) is 0. The number of benzene rings is 3. The molecule has 4 rings (SSSR count). The fourth-order valence-corrected chi connectivity index (χ4v) is 4.18. The molecule has 35 heavy (non-hydrogen) atoms. The second-order valence-electron chi connectivity index (χ2n) is 8.02. The standard InChI is InChI=1S/C26H23FN2O6/c27-15-9-10-22(20(13-15)24(31)28-23(11-12-30)25(32)33)29-26(34)35-14-21-18-7-3-1-5-16(18)17-6-2-4-8-19(17)21/h1-10,13,21,23,30H,11-12,14H2,(H,28,31)(H,29,34)(H,32,33). The lowest BCUT2D eigenvalue weighted by molar-refractivity contribution is -0.139. The summed E-state index contributed by atoms with van der Waals surface area (Å²) in [6, 6.07) is 17.5. The van der Waals surface area contributed by atoms with Gasteiger partial charge < -0.3 is 20.3 Å². The first kappa shape index (κ1) is 23.9. The van der Waals surface area contributed by atoms with Gasteiger partial charge in [0.2, 0.25) is 0 Å². The second-order valence-corrected chi connectivity index (χ2v) is 8.02. The minimum atomic E-state index is -1.38. The summed E-state index contributed by atoms with van der Waals surface area (Å²) in [4.78, 5) is 36.5. The number of amides is 2. The van der Waals surface area contributed by atoms with E-state index in [1.807, 2.05) is 48.5 Å². The molecule has 4 N–H and O–H groups in total. The molecule has 1 aliphatic rings. The first-order chi connectivity index (χ1) is 16.9. The Hall–Kier alpha value is -4.24. The maximum Gasteiger partial charge on any atom is 0.411 e. The second kappa shape index (κ2) is 10.4. The lowest BCUT2D eigenvalue weighted by Crippen LogP contribution is -2.41. The van der Waals surface area contributed by atoms with Gasteiger partial charge in [-0.15, -0.1) is 0 Å². The minimum absolute atomic E-state index is 0.0418.